The van der Waals surface area contributed by atoms with Crippen molar-refractivity contribution in [3.05, 3.63) is 40.3 Å². The Morgan fingerprint density at radius 3 is 2.53 bits per heavy atom. The van der Waals surface area contributed by atoms with Crippen LogP contribution in [0.4, 0.5) is 0 Å². The number of ether oxygens (including phenoxy) is 1. The zero-order valence-corrected chi connectivity index (χ0v) is 11.3. The minimum absolute atomic E-state index is 0.0769. The van der Waals surface area contributed by atoms with Gasteiger partial charge in [-0.1, -0.05) is 22.8 Å². The molecule has 0 fully saturated rings. The van der Waals surface area contributed by atoms with Crippen LogP contribution in [-0.4, -0.2) is 34.8 Å². The van der Waals surface area contributed by atoms with Crippen LogP contribution >= 0.6 is 0 Å². The van der Waals surface area contributed by atoms with Crippen LogP contribution in [0, 0.1) is 6.92 Å². The van der Waals surface area contributed by atoms with Gasteiger partial charge in [-0.3, -0.25) is 4.18 Å². The molecule has 0 saturated carbocycles. The molecule has 1 rings (SSSR count). The highest BCUT2D eigenvalue weighted by Crippen LogP contribution is 2.12. The summed E-state index contributed by atoms with van der Waals surface area (Å²) < 4.78 is 33.3. The molecule has 0 aromatic heterocycles. The Bertz CT molecular complexity index is 536. The minimum atomic E-state index is -3.74. The molecule has 8 heteroatoms. The number of benzene rings is 1. The summed E-state index contributed by atoms with van der Waals surface area (Å²) in [5.74, 6) is 0. The summed E-state index contributed by atoms with van der Waals surface area (Å²) in [6, 6.07) is 6.39. The van der Waals surface area contributed by atoms with Gasteiger partial charge in [0.1, 0.15) is 0 Å². The van der Waals surface area contributed by atoms with Crippen molar-refractivity contribution in [2.75, 3.05) is 26.4 Å². The van der Waals surface area contributed by atoms with Gasteiger partial charge in [-0.25, -0.2) is 0 Å². The molecule has 0 unspecified atom stereocenters. The fourth-order valence-corrected chi connectivity index (χ4v) is 2.12. The summed E-state index contributed by atoms with van der Waals surface area (Å²) >= 11 is 0. The maximum absolute atomic E-state index is 11.7. The van der Waals surface area contributed by atoms with Crippen molar-refractivity contribution in [3.8, 4) is 0 Å². The van der Waals surface area contributed by atoms with Crippen molar-refractivity contribution < 1.29 is 17.3 Å². The highest BCUT2D eigenvalue weighted by atomic mass is 32.2. The van der Waals surface area contributed by atoms with E-state index in [9.17, 15) is 8.42 Å². The molecule has 0 spiro atoms. The van der Waals surface area contributed by atoms with E-state index in [1.807, 2.05) is 6.92 Å². The lowest BCUT2D eigenvalue weighted by molar-refractivity contribution is 0.108. The first-order valence-electron chi connectivity index (χ1n) is 5.61. The first-order valence-corrected chi connectivity index (χ1v) is 7.02. The molecule has 19 heavy (non-hydrogen) atoms. The SMILES string of the molecule is Cc1ccc(S(=O)(=O)OCCOCCN=[N+]=[N-])cc1. The zero-order chi connectivity index (χ0) is 14.1. The molecule has 1 aromatic carbocycles. The van der Waals surface area contributed by atoms with Crippen molar-refractivity contribution >= 4 is 10.1 Å². The smallest absolute Gasteiger partial charge is 0.297 e. The lowest BCUT2D eigenvalue weighted by Crippen LogP contribution is -2.12. The number of aryl methyl sites for hydroxylation is 1. The molecule has 0 atom stereocenters. The molecule has 0 bridgehead atoms. The lowest BCUT2D eigenvalue weighted by Gasteiger charge is -2.06. The van der Waals surface area contributed by atoms with E-state index < -0.39 is 10.1 Å². The fraction of sp³-hybridized carbons (Fsp3) is 0.455. The van der Waals surface area contributed by atoms with Crippen molar-refractivity contribution in [2.45, 2.75) is 11.8 Å². The van der Waals surface area contributed by atoms with Gasteiger partial charge < -0.3 is 4.74 Å². The van der Waals surface area contributed by atoms with E-state index in [0.717, 1.165) is 5.56 Å². The number of azide groups is 1. The predicted octanol–water partition coefficient (Wildman–Crippen LogP) is 2.03. The van der Waals surface area contributed by atoms with Gasteiger partial charge in [-0.15, -0.1) is 0 Å². The van der Waals surface area contributed by atoms with E-state index in [1.54, 1.807) is 12.1 Å². The average Bonchev–Trinajstić information content (AvgIpc) is 2.38. The quantitative estimate of drug-likeness (QED) is 0.240. The third-order valence-corrected chi connectivity index (χ3v) is 3.50. The van der Waals surface area contributed by atoms with Crippen LogP contribution < -0.4 is 0 Å². The van der Waals surface area contributed by atoms with E-state index in [2.05, 4.69) is 10.0 Å². The molecule has 0 aliphatic heterocycles. The minimum Gasteiger partial charge on any atom is -0.379 e. The normalized spacial score (nSPS) is 11.0. The summed E-state index contributed by atoms with van der Waals surface area (Å²) in [5, 5.41) is 3.27. The molecule has 104 valence electrons. The van der Waals surface area contributed by atoms with Crippen LogP contribution in [0.2, 0.25) is 0 Å². The maximum atomic E-state index is 11.7. The van der Waals surface area contributed by atoms with E-state index in [-0.39, 0.29) is 31.3 Å². The monoisotopic (exact) mass is 285 g/mol. The summed E-state index contributed by atoms with van der Waals surface area (Å²) in [6.07, 6.45) is 0. The number of rotatable bonds is 8. The van der Waals surface area contributed by atoms with Crippen LogP contribution in [0.3, 0.4) is 0 Å². The second-order valence-electron chi connectivity index (χ2n) is 3.66. The maximum Gasteiger partial charge on any atom is 0.297 e. The Kier molecular flexibility index (Phi) is 6.31. The summed E-state index contributed by atoms with van der Waals surface area (Å²) in [6.45, 7) is 2.35. The van der Waals surface area contributed by atoms with Gasteiger partial charge in [0.05, 0.1) is 24.7 Å². The standard InChI is InChI=1S/C11H15N3O4S/c1-10-2-4-11(5-3-10)19(15,16)18-9-8-17-7-6-13-14-12/h2-5H,6-9H2,1H3. The lowest BCUT2D eigenvalue weighted by atomic mass is 10.2. The molecular weight excluding hydrogens is 270 g/mol. The van der Waals surface area contributed by atoms with Gasteiger partial charge in [-0.05, 0) is 24.6 Å². The molecule has 0 N–H and O–H groups in total. The molecule has 0 saturated heterocycles. The summed E-state index contributed by atoms with van der Waals surface area (Å²) in [7, 11) is -3.74. The Morgan fingerprint density at radius 1 is 1.21 bits per heavy atom. The highest BCUT2D eigenvalue weighted by molar-refractivity contribution is 7.86. The average molecular weight is 285 g/mol. The third-order valence-electron chi connectivity index (χ3n) is 2.17. The van der Waals surface area contributed by atoms with Crippen LogP contribution in [0.1, 0.15) is 5.56 Å². The highest BCUT2D eigenvalue weighted by Gasteiger charge is 2.14. The zero-order valence-electron chi connectivity index (χ0n) is 10.5. The van der Waals surface area contributed by atoms with Gasteiger partial charge in [0, 0.05) is 11.5 Å². The predicted molar refractivity (Wildman–Crippen MR) is 69.1 cm³/mol. The molecule has 0 heterocycles. The van der Waals surface area contributed by atoms with Crippen molar-refractivity contribution in [3.63, 3.8) is 0 Å². The van der Waals surface area contributed by atoms with Crippen LogP contribution in [0.5, 0.6) is 0 Å². The van der Waals surface area contributed by atoms with Gasteiger partial charge in [0.25, 0.3) is 10.1 Å². The number of nitrogens with zero attached hydrogens (tertiary/aromatic N) is 3. The first-order chi connectivity index (χ1) is 9.06. The van der Waals surface area contributed by atoms with Crippen LogP contribution in [0.25, 0.3) is 10.4 Å². The number of hydrogen-bond acceptors (Lipinski definition) is 5. The van der Waals surface area contributed by atoms with Crippen LogP contribution in [-0.2, 0) is 19.0 Å². The van der Waals surface area contributed by atoms with E-state index in [1.165, 1.54) is 12.1 Å². The van der Waals surface area contributed by atoms with Crippen LogP contribution in [0.15, 0.2) is 34.3 Å². The Morgan fingerprint density at radius 2 is 1.89 bits per heavy atom. The molecule has 7 nitrogen and oxygen atoms in total. The van der Waals surface area contributed by atoms with Crippen molar-refractivity contribution in [1.29, 1.82) is 0 Å². The van der Waals surface area contributed by atoms with E-state index in [0.29, 0.717) is 0 Å². The molecule has 0 radical (unpaired) electrons. The van der Waals surface area contributed by atoms with E-state index >= 15 is 0 Å². The molecule has 1 aromatic rings. The molecule has 0 aliphatic carbocycles. The Balaban J connectivity index is 2.35. The summed E-state index contributed by atoms with van der Waals surface area (Å²) in [5.41, 5.74) is 8.99. The second kappa shape index (κ2) is 7.75. The first kappa shape index (κ1) is 15.5. The summed E-state index contributed by atoms with van der Waals surface area (Å²) in [4.78, 5) is 2.68. The molecule has 0 amide bonds. The van der Waals surface area contributed by atoms with E-state index in [4.69, 9.17) is 14.5 Å². The van der Waals surface area contributed by atoms with Crippen molar-refractivity contribution in [2.24, 2.45) is 5.11 Å². The molecule has 0 aliphatic rings. The van der Waals surface area contributed by atoms with Gasteiger partial charge in [0.2, 0.25) is 0 Å². The largest absolute Gasteiger partial charge is 0.379 e. The van der Waals surface area contributed by atoms with Gasteiger partial charge in [0.15, 0.2) is 0 Å². The van der Waals surface area contributed by atoms with Gasteiger partial charge in [-0.2, -0.15) is 8.42 Å². The third kappa shape index (κ3) is 5.71. The van der Waals surface area contributed by atoms with Crippen molar-refractivity contribution in [1.82, 2.24) is 0 Å². The Labute approximate surface area is 111 Å². The fourth-order valence-electron chi connectivity index (χ4n) is 1.23. The molecular formula is C11H15N3O4S. The Hall–Kier alpha value is -1.60. The van der Waals surface area contributed by atoms with Gasteiger partial charge >= 0.3 is 0 Å². The number of hydrogen-bond donors (Lipinski definition) is 0. The second-order valence-corrected chi connectivity index (χ2v) is 5.27. The topological polar surface area (TPSA) is 101 Å².